The van der Waals surface area contributed by atoms with Crippen LogP contribution in [-0.2, 0) is 16.0 Å². The Morgan fingerprint density at radius 1 is 1.25 bits per heavy atom. The van der Waals surface area contributed by atoms with Crippen molar-refractivity contribution in [2.45, 2.75) is 43.4 Å². The van der Waals surface area contributed by atoms with Gasteiger partial charge in [0, 0.05) is 45.1 Å². The minimum absolute atomic E-state index is 0.316. The lowest BCUT2D eigenvalue weighted by Crippen LogP contribution is -2.55. The first kappa shape index (κ1) is 17.7. The Hall–Kier alpha value is -1.08. The summed E-state index contributed by atoms with van der Waals surface area (Å²) in [6, 6.07) is 3.57. The molecule has 2 heterocycles. The van der Waals surface area contributed by atoms with Crippen molar-refractivity contribution in [3.05, 3.63) is 35.4 Å². The molecular formula is C18H25F2NO3. The van der Waals surface area contributed by atoms with Crippen molar-refractivity contribution in [1.29, 1.82) is 0 Å². The van der Waals surface area contributed by atoms with Gasteiger partial charge in [-0.15, -0.1) is 0 Å². The summed E-state index contributed by atoms with van der Waals surface area (Å²) in [6.07, 6.45) is 2.70. The third kappa shape index (κ3) is 3.94. The van der Waals surface area contributed by atoms with Crippen molar-refractivity contribution in [3.8, 4) is 0 Å². The third-order valence-electron chi connectivity index (χ3n) is 5.21. The molecule has 2 aliphatic rings. The highest BCUT2D eigenvalue weighted by Gasteiger charge is 2.46. The molecule has 2 saturated heterocycles. The lowest BCUT2D eigenvalue weighted by molar-refractivity contribution is -0.191. The van der Waals surface area contributed by atoms with Crippen molar-refractivity contribution >= 4 is 0 Å². The van der Waals surface area contributed by atoms with Gasteiger partial charge < -0.3 is 14.6 Å². The van der Waals surface area contributed by atoms with Crippen molar-refractivity contribution in [1.82, 2.24) is 4.90 Å². The van der Waals surface area contributed by atoms with E-state index in [4.69, 9.17) is 9.47 Å². The Labute approximate surface area is 141 Å². The second-order valence-electron chi connectivity index (χ2n) is 7.13. The average molecular weight is 341 g/mol. The van der Waals surface area contributed by atoms with Gasteiger partial charge in [0.1, 0.15) is 11.6 Å². The molecule has 1 unspecified atom stereocenters. The number of aliphatic hydroxyl groups is 1. The molecule has 2 aliphatic heterocycles. The Morgan fingerprint density at radius 2 is 2.00 bits per heavy atom. The minimum atomic E-state index is -0.830. The van der Waals surface area contributed by atoms with Crippen molar-refractivity contribution in [2.75, 3.05) is 33.4 Å². The van der Waals surface area contributed by atoms with E-state index in [0.29, 0.717) is 38.2 Å². The summed E-state index contributed by atoms with van der Waals surface area (Å²) >= 11 is 0. The van der Waals surface area contributed by atoms with E-state index in [1.165, 1.54) is 12.1 Å². The predicted molar refractivity (Wildman–Crippen MR) is 85.6 cm³/mol. The number of piperidine rings is 1. The molecule has 1 spiro atoms. The number of methoxy groups -OCH3 is 1. The van der Waals surface area contributed by atoms with Gasteiger partial charge in [-0.1, -0.05) is 0 Å². The average Bonchev–Trinajstić information content (AvgIpc) is 2.53. The molecule has 4 nitrogen and oxygen atoms in total. The van der Waals surface area contributed by atoms with Crippen LogP contribution in [0.4, 0.5) is 8.78 Å². The first-order valence-corrected chi connectivity index (χ1v) is 8.45. The molecule has 0 saturated carbocycles. The zero-order valence-electron chi connectivity index (χ0n) is 14.1. The van der Waals surface area contributed by atoms with E-state index in [1.807, 2.05) is 0 Å². The van der Waals surface area contributed by atoms with Crippen LogP contribution in [0.3, 0.4) is 0 Å². The van der Waals surface area contributed by atoms with Crippen LogP contribution in [0.15, 0.2) is 18.2 Å². The molecule has 6 heteroatoms. The summed E-state index contributed by atoms with van der Waals surface area (Å²) in [4.78, 5) is 2.11. The van der Waals surface area contributed by atoms with Crippen LogP contribution in [0.5, 0.6) is 0 Å². The maximum absolute atomic E-state index is 13.8. The van der Waals surface area contributed by atoms with Crippen molar-refractivity contribution in [3.63, 3.8) is 0 Å². The monoisotopic (exact) mass is 341 g/mol. The number of hydrogen-bond acceptors (Lipinski definition) is 4. The fraction of sp³-hybridized carbons (Fsp3) is 0.667. The van der Waals surface area contributed by atoms with Crippen molar-refractivity contribution < 1.29 is 23.4 Å². The zero-order chi connectivity index (χ0) is 17.2. The number of hydrogen-bond donors (Lipinski definition) is 1. The van der Waals surface area contributed by atoms with Gasteiger partial charge in [-0.2, -0.15) is 0 Å². The Balaban J connectivity index is 1.60. The van der Waals surface area contributed by atoms with Crippen LogP contribution in [0.25, 0.3) is 0 Å². The van der Waals surface area contributed by atoms with Crippen LogP contribution in [0.1, 0.15) is 31.2 Å². The zero-order valence-corrected chi connectivity index (χ0v) is 14.1. The van der Waals surface area contributed by atoms with E-state index in [0.717, 1.165) is 32.0 Å². The summed E-state index contributed by atoms with van der Waals surface area (Å²) in [7, 11) is 1.59. The topological polar surface area (TPSA) is 41.9 Å². The number of ether oxygens (including phenoxy) is 2. The standard InChI is InChI=1S/C18H25F2NO3/c1-23-13-17(22)6-9-24-18(12-17)4-7-21(8-5-18)11-14-10-15(19)2-3-16(14)20/h2-3,10,22H,4-9,11-13H2,1H3. The maximum Gasteiger partial charge on any atom is 0.127 e. The first-order valence-electron chi connectivity index (χ1n) is 8.45. The maximum atomic E-state index is 13.8. The molecular weight excluding hydrogens is 316 g/mol. The number of halogens is 2. The molecule has 0 bridgehead atoms. The summed E-state index contributed by atoms with van der Waals surface area (Å²) in [5.74, 6) is -0.791. The second kappa shape index (κ2) is 7.04. The Kier molecular flexibility index (Phi) is 5.20. The fourth-order valence-corrected chi connectivity index (χ4v) is 3.93. The van der Waals surface area contributed by atoms with Gasteiger partial charge in [0.25, 0.3) is 0 Å². The molecule has 0 aliphatic carbocycles. The van der Waals surface area contributed by atoms with Gasteiger partial charge in [0.2, 0.25) is 0 Å². The summed E-state index contributed by atoms with van der Waals surface area (Å²) < 4.78 is 38.3. The van der Waals surface area contributed by atoms with E-state index in [-0.39, 0.29) is 11.4 Å². The summed E-state index contributed by atoms with van der Waals surface area (Å²) in [6.45, 7) is 2.70. The van der Waals surface area contributed by atoms with Gasteiger partial charge in [0.05, 0.1) is 24.4 Å². The van der Waals surface area contributed by atoms with Gasteiger partial charge in [0.15, 0.2) is 0 Å². The lowest BCUT2D eigenvalue weighted by Gasteiger charge is -2.49. The lowest BCUT2D eigenvalue weighted by atomic mass is 9.77. The van der Waals surface area contributed by atoms with E-state index >= 15 is 0 Å². The van der Waals surface area contributed by atoms with E-state index < -0.39 is 11.4 Å². The Morgan fingerprint density at radius 3 is 2.71 bits per heavy atom. The normalized spacial score (nSPS) is 27.5. The van der Waals surface area contributed by atoms with Crippen LogP contribution < -0.4 is 0 Å². The van der Waals surface area contributed by atoms with Gasteiger partial charge in [-0.05, 0) is 31.0 Å². The minimum Gasteiger partial charge on any atom is -0.387 e. The van der Waals surface area contributed by atoms with Crippen LogP contribution >= 0.6 is 0 Å². The molecule has 134 valence electrons. The van der Waals surface area contributed by atoms with E-state index in [9.17, 15) is 13.9 Å². The smallest absolute Gasteiger partial charge is 0.127 e. The number of nitrogens with zero attached hydrogens (tertiary/aromatic N) is 1. The highest BCUT2D eigenvalue weighted by atomic mass is 19.1. The van der Waals surface area contributed by atoms with Crippen molar-refractivity contribution in [2.24, 2.45) is 0 Å². The molecule has 0 aromatic heterocycles. The summed E-state index contributed by atoms with van der Waals surface area (Å²) in [5.41, 5.74) is -0.779. The molecule has 1 aromatic rings. The van der Waals surface area contributed by atoms with Crippen LogP contribution in [0, 0.1) is 11.6 Å². The highest BCUT2D eigenvalue weighted by molar-refractivity contribution is 5.18. The molecule has 1 aromatic carbocycles. The molecule has 1 atom stereocenters. The van der Waals surface area contributed by atoms with E-state index in [1.54, 1.807) is 7.11 Å². The molecule has 0 amide bonds. The van der Waals surface area contributed by atoms with Gasteiger partial charge in [-0.3, -0.25) is 4.90 Å². The first-order chi connectivity index (χ1) is 11.4. The van der Waals surface area contributed by atoms with Gasteiger partial charge in [-0.25, -0.2) is 8.78 Å². The molecule has 0 radical (unpaired) electrons. The largest absolute Gasteiger partial charge is 0.387 e. The summed E-state index contributed by atoms with van der Waals surface area (Å²) in [5, 5.41) is 10.6. The number of rotatable bonds is 4. The molecule has 2 fully saturated rings. The fourth-order valence-electron chi connectivity index (χ4n) is 3.93. The third-order valence-corrected chi connectivity index (χ3v) is 5.21. The van der Waals surface area contributed by atoms with E-state index in [2.05, 4.69) is 4.90 Å². The number of likely N-dealkylation sites (tertiary alicyclic amines) is 1. The molecule has 24 heavy (non-hydrogen) atoms. The number of benzene rings is 1. The van der Waals surface area contributed by atoms with Crippen LogP contribution in [0.2, 0.25) is 0 Å². The Bertz CT molecular complexity index is 571. The SMILES string of the molecule is COCC1(O)CCOC2(CCN(Cc3cc(F)ccc3F)CC2)C1. The molecule has 1 N–H and O–H groups in total. The quantitative estimate of drug-likeness (QED) is 0.914. The molecule has 3 rings (SSSR count). The second-order valence-corrected chi connectivity index (χ2v) is 7.13. The van der Waals surface area contributed by atoms with Gasteiger partial charge >= 0.3 is 0 Å². The predicted octanol–water partition coefficient (Wildman–Crippen LogP) is 2.49. The highest BCUT2D eigenvalue weighted by Crippen LogP contribution is 2.40. The van der Waals surface area contributed by atoms with Crippen LogP contribution in [-0.4, -0.2) is 54.6 Å².